The molecule has 12 heavy (non-hydrogen) atoms. The van der Waals surface area contributed by atoms with Crippen LogP contribution in [0.25, 0.3) is 0 Å². The molecule has 0 aromatic heterocycles. The number of hydrogen-bond acceptors (Lipinski definition) is 2. The SMILES string of the molecule is CC(=O)C1=CCC[C@@H]2CC[C@H]1N2. The molecule has 2 nitrogen and oxygen atoms in total. The lowest BCUT2D eigenvalue weighted by molar-refractivity contribution is -0.113. The fourth-order valence-electron chi connectivity index (χ4n) is 2.26. The Morgan fingerprint density at radius 3 is 3.08 bits per heavy atom. The fourth-order valence-corrected chi connectivity index (χ4v) is 2.26. The van der Waals surface area contributed by atoms with Gasteiger partial charge >= 0.3 is 0 Å². The van der Waals surface area contributed by atoms with E-state index in [1.165, 1.54) is 12.8 Å². The van der Waals surface area contributed by atoms with Gasteiger partial charge in [0.1, 0.15) is 0 Å². The molecule has 0 aromatic rings. The number of Topliss-reactive ketones (excluding diaryl/α,β-unsaturated/α-hetero) is 1. The maximum absolute atomic E-state index is 11.2. The standard InChI is InChI=1S/C10H15NO/c1-7(12)9-4-2-3-8-5-6-10(9)11-8/h4,8,10-11H,2-3,5-6H2,1H3/t8-,10-/m1/s1. The maximum atomic E-state index is 11.2. The number of fused-ring (bicyclic) bond motifs is 2. The minimum Gasteiger partial charge on any atom is -0.307 e. The van der Waals surface area contributed by atoms with Crippen LogP contribution in [0.2, 0.25) is 0 Å². The van der Waals surface area contributed by atoms with Gasteiger partial charge in [0.15, 0.2) is 5.78 Å². The molecule has 2 aliphatic rings. The lowest BCUT2D eigenvalue weighted by atomic mass is 9.98. The molecule has 0 unspecified atom stereocenters. The maximum Gasteiger partial charge on any atom is 0.157 e. The Morgan fingerprint density at radius 1 is 1.50 bits per heavy atom. The summed E-state index contributed by atoms with van der Waals surface area (Å²) >= 11 is 0. The monoisotopic (exact) mass is 165 g/mol. The predicted octanol–water partition coefficient (Wildman–Crippen LogP) is 1.42. The summed E-state index contributed by atoms with van der Waals surface area (Å²) in [6.45, 7) is 1.67. The summed E-state index contributed by atoms with van der Waals surface area (Å²) in [5.74, 6) is 0.245. The summed E-state index contributed by atoms with van der Waals surface area (Å²) in [5.41, 5.74) is 1.02. The van der Waals surface area contributed by atoms with Crippen LogP contribution in [0, 0.1) is 0 Å². The van der Waals surface area contributed by atoms with Crippen LogP contribution in [0.5, 0.6) is 0 Å². The van der Waals surface area contributed by atoms with Gasteiger partial charge in [-0.1, -0.05) is 6.08 Å². The van der Waals surface area contributed by atoms with E-state index in [-0.39, 0.29) is 5.78 Å². The molecule has 2 heterocycles. The third kappa shape index (κ3) is 1.31. The highest BCUT2D eigenvalue weighted by molar-refractivity contribution is 5.94. The highest BCUT2D eigenvalue weighted by atomic mass is 16.1. The molecule has 1 N–H and O–H groups in total. The average Bonchev–Trinajstić information content (AvgIpc) is 2.30. The number of hydrogen-bond donors (Lipinski definition) is 1. The molecule has 2 aliphatic heterocycles. The molecule has 0 aromatic carbocycles. The van der Waals surface area contributed by atoms with Gasteiger partial charge in [-0.2, -0.15) is 0 Å². The highest BCUT2D eigenvalue weighted by Crippen LogP contribution is 2.26. The van der Waals surface area contributed by atoms with Crippen LogP contribution in [0.15, 0.2) is 11.6 Å². The smallest absolute Gasteiger partial charge is 0.157 e. The Balaban J connectivity index is 2.20. The van der Waals surface area contributed by atoms with E-state index in [0.29, 0.717) is 12.1 Å². The molecule has 2 atom stereocenters. The summed E-state index contributed by atoms with van der Waals surface area (Å²) in [4.78, 5) is 11.2. The number of nitrogens with one attached hydrogen (secondary N) is 1. The summed E-state index contributed by atoms with van der Waals surface area (Å²) in [6, 6.07) is 1.04. The summed E-state index contributed by atoms with van der Waals surface area (Å²) in [5, 5.41) is 3.50. The van der Waals surface area contributed by atoms with E-state index in [9.17, 15) is 4.79 Å². The Morgan fingerprint density at radius 2 is 2.33 bits per heavy atom. The first kappa shape index (κ1) is 7.99. The fraction of sp³-hybridized carbons (Fsp3) is 0.700. The molecule has 2 heteroatoms. The van der Waals surface area contributed by atoms with Crippen molar-refractivity contribution in [3.63, 3.8) is 0 Å². The van der Waals surface area contributed by atoms with Crippen LogP contribution in [0.1, 0.15) is 32.6 Å². The van der Waals surface area contributed by atoms with Crippen LogP contribution < -0.4 is 5.32 Å². The van der Waals surface area contributed by atoms with Crippen LogP contribution in [0.4, 0.5) is 0 Å². The minimum absolute atomic E-state index is 0.245. The molecule has 1 saturated heterocycles. The molecule has 66 valence electrons. The summed E-state index contributed by atoms with van der Waals surface area (Å²) in [6.07, 6.45) is 6.79. The Kier molecular flexibility index (Phi) is 2.01. The van der Waals surface area contributed by atoms with E-state index in [1.807, 2.05) is 0 Å². The van der Waals surface area contributed by atoms with Gasteiger partial charge in [-0.05, 0) is 32.6 Å². The van der Waals surface area contributed by atoms with Crippen molar-refractivity contribution in [3.8, 4) is 0 Å². The molecule has 2 bridgehead atoms. The quantitative estimate of drug-likeness (QED) is 0.636. The van der Waals surface area contributed by atoms with Crippen LogP contribution in [0.3, 0.4) is 0 Å². The second kappa shape index (κ2) is 3.02. The number of carbonyl (C=O) groups excluding carboxylic acids is 1. The number of carbonyl (C=O) groups is 1. The van der Waals surface area contributed by atoms with E-state index in [1.54, 1.807) is 6.92 Å². The van der Waals surface area contributed by atoms with E-state index >= 15 is 0 Å². The number of allylic oxidation sites excluding steroid dienone is 1. The van der Waals surface area contributed by atoms with Crippen molar-refractivity contribution in [1.29, 1.82) is 0 Å². The van der Waals surface area contributed by atoms with Gasteiger partial charge in [-0.25, -0.2) is 0 Å². The third-order valence-electron chi connectivity index (χ3n) is 2.90. The van der Waals surface area contributed by atoms with E-state index < -0.39 is 0 Å². The van der Waals surface area contributed by atoms with Crippen LogP contribution in [-0.4, -0.2) is 17.9 Å². The van der Waals surface area contributed by atoms with Crippen molar-refractivity contribution in [2.24, 2.45) is 0 Å². The molecule has 1 fully saturated rings. The minimum atomic E-state index is 0.245. The van der Waals surface area contributed by atoms with Gasteiger partial charge in [0.2, 0.25) is 0 Å². The Hall–Kier alpha value is -0.630. The first-order valence-electron chi connectivity index (χ1n) is 4.74. The first-order valence-corrected chi connectivity index (χ1v) is 4.74. The molecule has 0 radical (unpaired) electrons. The zero-order valence-corrected chi connectivity index (χ0v) is 7.47. The third-order valence-corrected chi connectivity index (χ3v) is 2.90. The summed E-state index contributed by atoms with van der Waals surface area (Å²) in [7, 11) is 0. The largest absolute Gasteiger partial charge is 0.307 e. The number of ketones is 1. The highest BCUT2D eigenvalue weighted by Gasteiger charge is 2.29. The topological polar surface area (TPSA) is 29.1 Å². The second-order valence-corrected chi connectivity index (χ2v) is 3.79. The molecule has 0 aliphatic carbocycles. The Labute approximate surface area is 73.0 Å². The van der Waals surface area contributed by atoms with Crippen molar-refractivity contribution >= 4 is 5.78 Å². The van der Waals surface area contributed by atoms with Crippen molar-refractivity contribution in [1.82, 2.24) is 5.32 Å². The normalized spacial score (nSPS) is 34.2. The van der Waals surface area contributed by atoms with Gasteiger partial charge in [-0.15, -0.1) is 0 Å². The van der Waals surface area contributed by atoms with Crippen molar-refractivity contribution in [2.75, 3.05) is 0 Å². The molecular weight excluding hydrogens is 150 g/mol. The van der Waals surface area contributed by atoms with Crippen LogP contribution >= 0.6 is 0 Å². The lowest BCUT2D eigenvalue weighted by Crippen LogP contribution is -2.30. The van der Waals surface area contributed by atoms with Gasteiger partial charge < -0.3 is 5.32 Å². The molecular formula is C10H15NO. The van der Waals surface area contributed by atoms with Gasteiger partial charge in [0.05, 0.1) is 0 Å². The Bertz CT molecular complexity index is 232. The first-order chi connectivity index (χ1) is 5.77. The van der Waals surface area contributed by atoms with Gasteiger partial charge in [0, 0.05) is 17.7 Å². The second-order valence-electron chi connectivity index (χ2n) is 3.79. The van der Waals surface area contributed by atoms with Crippen molar-refractivity contribution < 1.29 is 4.79 Å². The summed E-state index contributed by atoms with van der Waals surface area (Å²) < 4.78 is 0. The zero-order valence-electron chi connectivity index (χ0n) is 7.47. The van der Waals surface area contributed by atoms with E-state index in [0.717, 1.165) is 18.4 Å². The van der Waals surface area contributed by atoms with E-state index in [2.05, 4.69) is 11.4 Å². The molecule has 2 rings (SSSR count). The zero-order chi connectivity index (χ0) is 8.55. The van der Waals surface area contributed by atoms with Gasteiger partial charge in [0.25, 0.3) is 0 Å². The van der Waals surface area contributed by atoms with Gasteiger partial charge in [-0.3, -0.25) is 4.79 Å². The molecule has 0 amide bonds. The molecule has 0 saturated carbocycles. The van der Waals surface area contributed by atoms with E-state index in [4.69, 9.17) is 0 Å². The van der Waals surface area contributed by atoms with Crippen molar-refractivity contribution in [2.45, 2.75) is 44.7 Å². The molecule has 0 spiro atoms. The lowest BCUT2D eigenvalue weighted by Gasteiger charge is -2.11. The predicted molar refractivity (Wildman–Crippen MR) is 47.9 cm³/mol. The van der Waals surface area contributed by atoms with Crippen LogP contribution in [-0.2, 0) is 4.79 Å². The average molecular weight is 165 g/mol. The van der Waals surface area contributed by atoms with Crippen molar-refractivity contribution in [3.05, 3.63) is 11.6 Å². The number of rotatable bonds is 1.